The van der Waals surface area contributed by atoms with Crippen LogP contribution in [0.3, 0.4) is 0 Å². The van der Waals surface area contributed by atoms with Gasteiger partial charge in [0.2, 0.25) is 0 Å². The number of H-pyrrole nitrogens is 1. The van der Waals surface area contributed by atoms with Gasteiger partial charge in [-0.1, -0.05) is 0 Å². The van der Waals surface area contributed by atoms with Crippen molar-refractivity contribution in [1.82, 2.24) is 9.55 Å². The summed E-state index contributed by atoms with van der Waals surface area (Å²) >= 11 is -0.143. The van der Waals surface area contributed by atoms with E-state index in [-0.39, 0.29) is 26.4 Å². The van der Waals surface area contributed by atoms with Gasteiger partial charge in [-0.05, 0) is 0 Å². The fourth-order valence-corrected chi connectivity index (χ4v) is 8.49. The van der Waals surface area contributed by atoms with Crippen LogP contribution in [0.2, 0.25) is 4.82 Å². The number of aromatic amines is 1. The molecule has 8 nitrogen and oxygen atoms in total. The van der Waals surface area contributed by atoms with E-state index in [0.717, 1.165) is 26.9 Å². The van der Waals surface area contributed by atoms with Crippen molar-refractivity contribution < 1.29 is 14.2 Å². The second-order valence-electron chi connectivity index (χ2n) is 11.0. The Morgan fingerprint density at radius 2 is 1.40 bits per heavy atom. The normalized spacial score (nSPS) is 19.8. The quantitative estimate of drug-likeness (QED) is 0.173. The van der Waals surface area contributed by atoms with Crippen molar-refractivity contribution in [1.29, 1.82) is 0 Å². The third-order valence-electron chi connectivity index (χ3n) is 8.16. The summed E-state index contributed by atoms with van der Waals surface area (Å²) in [7, 11) is 1.64. The standard InChI is InChI=1S/C36H35N3O5Se/c1-24-22-39(35(41)38-33(24)40)34-32(45-29-16-10-5-11-17-29)31(37)30(44-34)23-43-36(25-12-6-3-7-13-25,26-14-8-4-9-15-26)27-18-20-28(42-2)21-19-27/h3-22,30-32,34H,23,37H2,1-2H3,(H,38,40,41)/t30-,31-,32-,34-/m1/s1. The molecular weight excluding hydrogens is 633 g/mol. The van der Waals surface area contributed by atoms with Gasteiger partial charge in [0.05, 0.1) is 0 Å². The molecule has 1 aromatic heterocycles. The van der Waals surface area contributed by atoms with Crippen LogP contribution in [0.5, 0.6) is 5.75 Å². The summed E-state index contributed by atoms with van der Waals surface area (Å²) in [4.78, 5) is 27.5. The molecule has 0 unspecified atom stereocenters. The number of aryl methyl sites for hydroxylation is 1. The summed E-state index contributed by atoms with van der Waals surface area (Å²) in [5, 5.41) is 0. The monoisotopic (exact) mass is 669 g/mol. The van der Waals surface area contributed by atoms with E-state index in [4.69, 9.17) is 19.9 Å². The molecule has 1 aliphatic rings. The van der Waals surface area contributed by atoms with Crippen LogP contribution in [0.15, 0.2) is 131 Å². The van der Waals surface area contributed by atoms with Gasteiger partial charge < -0.3 is 0 Å². The van der Waals surface area contributed by atoms with E-state index >= 15 is 0 Å². The Hall–Kier alpha value is -4.24. The van der Waals surface area contributed by atoms with Crippen LogP contribution >= 0.6 is 0 Å². The molecule has 3 N–H and O–H groups in total. The Balaban J connectivity index is 1.41. The van der Waals surface area contributed by atoms with Crippen LogP contribution < -0.4 is 26.2 Å². The molecule has 0 radical (unpaired) electrons. The van der Waals surface area contributed by atoms with Gasteiger partial charge >= 0.3 is 269 Å². The molecule has 4 aromatic carbocycles. The third kappa shape index (κ3) is 6.18. The van der Waals surface area contributed by atoms with Crippen molar-refractivity contribution in [2.75, 3.05) is 13.7 Å². The van der Waals surface area contributed by atoms with Crippen LogP contribution in [0, 0.1) is 6.92 Å². The number of methoxy groups -OCH3 is 1. The number of ether oxygens (including phenoxy) is 3. The number of hydrogen-bond acceptors (Lipinski definition) is 6. The number of aromatic nitrogens is 2. The minimum atomic E-state index is -0.999. The number of nitrogens with zero attached hydrogens (tertiary/aromatic N) is 1. The maximum atomic E-state index is 13.1. The van der Waals surface area contributed by atoms with Gasteiger partial charge in [0.15, 0.2) is 0 Å². The Kier molecular flexibility index (Phi) is 9.16. The Morgan fingerprint density at radius 1 is 0.844 bits per heavy atom. The molecule has 45 heavy (non-hydrogen) atoms. The van der Waals surface area contributed by atoms with Crippen LogP contribution in [0.4, 0.5) is 0 Å². The molecule has 1 aliphatic heterocycles. The number of nitrogens with one attached hydrogen (secondary N) is 1. The zero-order valence-electron chi connectivity index (χ0n) is 25.0. The summed E-state index contributed by atoms with van der Waals surface area (Å²) in [6.45, 7) is 1.82. The number of nitrogens with two attached hydrogens (primary N) is 1. The number of hydrogen-bond donors (Lipinski definition) is 2. The second-order valence-corrected chi connectivity index (χ2v) is 13.6. The van der Waals surface area contributed by atoms with Crippen molar-refractivity contribution in [2.45, 2.75) is 35.7 Å². The molecule has 0 bridgehead atoms. The molecule has 230 valence electrons. The number of benzene rings is 4. The van der Waals surface area contributed by atoms with E-state index < -0.39 is 35.2 Å². The Labute approximate surface area is 268 Å². The predicted molar refractivity (Wildman–Crippen MR) is 175 cm³/mol. The van der Waals surface area contributed by atoms with Crippen LogP contribution in [0.25, 0.3) is 0 Å². The van der Waals surface area contributed by atoms with E-state index in [0.29, 0.717) is 5.56 Å². The van der Waals surface area contributed by atoms with Gasteiger partial charge in [0.25, 0.3) is 0 Å². The van der Waals surface area contributed by atoms with E-state index in [1.807, 2.05) is 78.9 Å². The first-order valence-corrected chi connectivity index (χ1v) is 16.6. The fourth-order valence-electron chi connectivity index (χ4n) is 5.82. The zero-order valence-corrected chi connectivity index (χ0v) is 26.8. The average Bonchev–Trinajstić information content (AvgIpc) is 3.38. The molecule has 5 aromatic rings. The first-order valence-electron chi connectivity index (χ1n) is 14.7. The molecule has 2 heterocycles. The summed E-state index contributed by atoms with van der Waals surface area (Å²) in [5.41, 5.74) is 8.29. The van der Waals surface area contributed by atoms with Crippen LogP contribution in [-0.2, 0) is 15.1 Å². The average molecular weight is 669 g/mol. The first-order chi connectivity index (χ1) is 21.9. The topological polar surface area (TPSA) is 109 Å². The molecule has 0 aliphatic carbocycles. The molecule has 6 rings (SSSR count). The van der Waals surface area contributed by atoms with Gasteiger partial charge in [-0.2, -0.15) is 0 Å². The van der Waals surface area contributed by atoms with Gasteiger partial charge in [0, 0.05) is 0 Å². The van der Waals surface area contributed by atoms with Gasteiger partial charge in [0.1, 0.15) is 0 Å². The van der Waals surface area contributed by atoms with Gasteiger partial charge in [-0.3, -0.25) is 0 Å². The maximum absolute atomic E-state index is 13.1. The fraction of sp³-hybridized carbons (Fsp3) is 0.222. The van der Waals surface area contributed by atoms with E-state index in [2.05, 4.69) is 41.4 Å². The second kappa shape index (κ2) is 13.4. The minimum absolute atomic E-state index is 0.143. The molecule has 9 heteroatoms. The molecule has 1 saturated heterocycles. The molecule has 1 fully saturated rings. The van der Waals surface area contributed by atoms with Crippen molar-refractivity contribution >= 4 is 19.4 Å². The van der Waals surface area contributed by atoms with E-state index in [1.165, 1.54) is 4.57 Å². The van der Waals surface area contributed by atoms with Crippen molar-refractivity contribution in [3.05, 3.63) is 165 Å². The number of rotatable bonds is 10. The predicted octanol–water partition coefficient (Wildman–Crippen LogP) is 3.91. The van der Waals surface area contributed by atoms with Crippen molar-refractivity contribution in [3.8, 4) is 5.75 Å². The first kappa shape index (κ1) is 30.8. The van der Waals surface area contributed by atoms with Crippen molar-refractivity contribution in [3.63, 3.8) is 0 Å². The van der Waals surface area contributed by atoms with Crippen LogP contribution in [0.1, 0.15) is 28.5 Å². The Bertz CT molecular complexity index is 1790. The molecule has 0 amide bonds. The van der Waals surface area contributed by atoms with Crippen molar-refractivity contribution in [2.24, 2.45) is 5.73 Å². The summed E-state index contributed by atoms with van der Waals surface area (Å²) < 4.78 is 21.8. The van der Waals surface area contributed by atoms with Gasteiger partial charge in [-0.15, -0.1) is 0 Å². The third-order valence-corrected chi connectivity index (χ3v) is 11.0. The van der Waals surface area contributed by atoms with Gasteiger partial charge in [-0.25, -0.2) is 0 Å². The van der Waals surface area contributed by atoms with E-state index in [1.54, 1.807) is 20.2 Å². The molecule has 0 spiro atoms. The summed E-state index contributed by atoms with van der Waals surface area (Å²) in [6.07, 6.45) is 0.335. The SMILES string of the molecule is COc1ccc(C(OC[C@H]2O[C@@H](n3cc(C)c(=O)[nH]c3=O)[C@H]([Se]c3ccccc3)[C@@H]2N)(c2ccccc2)c2ccccc2)cc1. The zero-order chi connectivity index (χ0) is 31.4. The van der Waals surface area contributed by atoms with Crippen LogP contribution in [-0.4, -0.2) is 50.4 Å². The van der Waals surface area contributed by atoms with E-state index in [9.17, 15) is 9.59 Å². The Morgan fingerprint density at radius 3 is 1.98 bits per heavy atom. The summed E-state index contributed by atoms with van der Waals surface area (Å²) in [5.74, 6) is 0.741. The molecule has 4 atom stereocenters. The summed E-state index contributed by atoms with van der Waals surface area (Å²) in [6, 6.07) is 37.7. The molecule has 0 saturated carbocycles. The molecular formula is C36H35N3O5Se.